The monoisotopic (exact) mass is 395 g/mol. The van der Waals surface area contributed by atoms with Gasteiger partial charge in [0.2, 0.25) is 5.95 Å². The molecule has 0 amide bonds. The van der Waals surface area contributed by atoms with Gasteiger partial charge in [-0.2, -0.15) is 4.98 Å². The fourth-order valence-electron chi connectivity index (χ4n) is 3.75. The van der Waals surface area contributed by atoms with Crippen LogP contribution in [0, 0.1) is 11.3 Å². The average Bonchev–Trinajstić information content (AvgIpc) is 3.31. The van der Waals surface area contributed by atoms with Gasteiger partial charge in [-0.1, -0.05) is 6.92 Å². The first kappa shape index (κ1) is 18.7. The molecule has 0 radical (unpaired) electrons. The van der Waals surface area contributed by atoms with E-state index >= 15 is 0 Å². The van der Waals surface area contributed by atoms with Crippen LogP contribution in [-0.2, 0) is 16.1 Å². The molecule has 2 fully saturated rings. The molecule has 0 bridgehead atoms. The molecule has 152 valence electrons. The van der Waals surface area contributed by atoms with Crippen LogP contribution in [0.25, 0.3) is 11.2 Å². The van der Waals surface area contributed by atoms with Crippen molar-refractivity contribution in [3.8, 4) is 0 Å². The molecule has 12 nitrogen and oxygen atoms in total. The molecule has 1 saturated carbocycles. The second-order valence-corrected chi connectivity index (χ2v) is 7.54. The van der Waals surface area contributed by atoms with Crippen molar-refractivity contribution in [1.29, 1.82) is 0 Å². The van der Waals surface area contributed by atoms with Crippen molar-refractivity contribution in [1.82, 2.24) is 19.1 Å². The molecular weight excluding hydrogens is 374 g/mol. The van der Waals surface area contributed by atoms with Gasteiger partial charge in [0, 0.05) is 12.5 Å². The van der Waals surface area contributed by atoms with E-state index < -0.39 is 47.0 Å². The van der Waals surface area contributed by atoms with E-state index in [1.165, 1.54) is 0 Å². The van der Waals surface area contributed by atoms with Gasteiger partial charge < -0.3 is 25.8 Å². The number of nitrogens with zero attached hydrogens (tertiary/aromatic N) is 3. The van der Waals surface area contributed by atoms with Crippen LogP contribution in [0.1, 0.15) is 26.0 Å². The zero-order chi connectivity index (χ0) is 20.4. The lowest BCUT2D eigenvalue weighted by atomic mass is 10.0. The largest absolute Gasteiger partial charge is 0.481 e. The van der Waals surface area contributed by atoms with Crippen molar-refractivity contribution < 1.29 is 24.9 Å². The fourth-order valence-corrected chi connectivity index (χ4v) is 3.75. The maximum Gasteiger partial charge on any atom is 0.332 e. The summed E-state index contributed by atoms with van der Waals surface area (Å²) in [7, 11) is 0. The van der Waals surface area contributed by atoms with Crippen molar-refractivity contribution in [2.75, 3.05) is 12.3 Å². The number of imidazole rings is 1. The number of carboxylic acids is 1. The van der Waals surface area contributed by atoms with Crippen LogP contribution in [0.4, 0.5) is 5.95 Å². The standard InChI is InChI=1S/C16H21N5O7/c1-6-7(4-22)28-12(9(6)23)21-10-8(11(24)19-14(17)18-10)20(15(21)27)5-16(2-3-16)13(25)26/h6-7,9,12,22-23H,2-5H2,1H3,(H,25,26)(H3,17,18,19,24). The SMILES string of the molecule is CC1C(CO)OC(n2c(=O)n(CC3(C(=O)O)CC3)c3c(=O)[nH]c(N)nc32)C1O. The Kier molecular flexibility index (Phi) is 4.10. The van der Waals surface area contributed by atoms with Crippen LogP contribution < -0.4 is 17.0 Å². The summed E-state index contributed by atoms with van der Waals surface area (Å²) < 4.78 is 7.70. The van der Waals surface area contributed by atoms with Gasteiger partial charge in [0.1, 0.15) is 6.10 Å². The van der Waals surface area contributed by atoms with Crippen molar-refractivity contribution in [2.45, 2.75) is 44.7 Å². The quantitative estimate of drug-likeness (QED) is 0.390. The molecule has 2 aromatic heterocycles. The van der Waals surface area contributed by atoms with Gasteiger partial charge in [-0.15, -0.1) is 0 Å². The summed E-state index contributed by atoms with van der Waals surface area (Å²) in [6, 6.07) is 0. The zero-order valence-corrected chi connectivity index (χ0v) is 15.0. The molecule has 1 aliphatic heterocycles. The molecule has 28 heavy (non-hydrogen) atoms. The minimum Gasteiger partial charge on any atom is -0.481 e. The number of fused-ring (bicyclic) bond motifs is 1. The van der Waals surface area contributed by atoms with Crippen LogP contribution in [-0.4, -0.2) is 59.2 Å². The number of hydrogen-bond donors (Lipinski definition) is 5. The number of ether oxygens (including phenoxy) is 1. The van der Waals surface area contributed by atoms with Crippen molar-refractivity contribution in [3.63, 3.8) is 0 Å². The molecule has 1 aliphatic carbocycles. The van der Waals surface area contributed by atoms with Crippen LogP contribution in [0.3, 0.4) is 0 Å². The summed E-state index contributed by atoms with van der Waals surface area (Å²) in [5.41, 5.74) is 2.83. The number of carbonyl (C=O) groups is 1. The Bertz CT molecular complexity index is 1070. The minimum absolute atomic E-state index is 0.109. The molecular formula is C16H21N5O7. The molecule has 4 rings (SSSR count). The van der Waals surface area contributed by atoms with Gasteiger partial charge >= 0.3 is 11.7 Å². The van der Waals surface area contributed by atoms with Crippen LogP contribution in [0.5, 0.6) is 0 Å². The van der Waals surface area contributed by atoms with Gasteiger partial charge in [0.15, 0.2) is 17.4 Å². The molecule has 6 N–H and O–H groups in total. The summed E-state index contributed by atoms with van der Waals surface area (Å²) in [6.45, 7) is 1.09. The van der Waals surface area contributed by atoms with Gasteiger partial charge in [-0.05, 0) is 12.8 Å². The van der Waals surface area contributed by atoms with E-state index in [0.29, 0.717) is 12.8 Å². The number of anilines is 1. The Morgan fingerprint density at radius 3 is 2.64 bits per heavy atom. The number of rotatable bonds is 5. The van der Waals surface area contributed by atoms with Crippen molar-refractivity contribution in [2.24, 2.45) is 11.3 Å². The molecule has 12 heteroatoms. The highest BCUT2D eigenvalue weighted by Gasteiger charge is 2.52. The zero-order valence-electron chi connectivity index (χ0n) is 15.0. The third-order valence-corrected chi connectivity index (χ3v) is 5.76. The third kappa shape index (κ3) is 2.56. The number of carboxylic acid groups (broad SMARTS) is 1. The molecule has 2 aromatic rings. The van der Waals surface area contributed by atoms with Gasteiger partial charge in [0.05, 0.1) is 18.1 Å². The Morgan fingerprint density at radius 2 is 2.11 bits per heavy atom. The van der Waals surface area contributed by atoms with Crippen molar-refractivity contribution in [3.05, 3.63) is 20.8 Å². The summed E-state index contributed by atoms with van der Waals surface area (Å²) in [5, 5.41) is 29.4. The van der Waals surface area contributed by atoms with Crippen LogP contribution in [0.15, 0.2) is 9.59 Å². The molecule has 0 aromatic carbocycles. The summed E-state index contributed by atoms with van der Waals surface area (Å²) in [4.78, 5) is 43.6. The number of hydrogen-bond acceptors (Lipinski definition) is 8. The molecule has 2 aliphatic rings. The third-order valence-electron chi connectivity index (χ3n) is 5.76. The van der Waals surface area contributed by atoms with E-state index in [2.05, 4.69) is 9.97 Å². The lowest BCUT2D eigenvalue weighted by Gasteiger charge is -2.16. The molecule has 1 saturated heterocycles. The van der Waals surface area contributed by atoms with Crippen LogP contribution in [0.2, 0.25) is 0 Å². The number of nitrogens with one attached hydrogen (secondary N) is 1. The number of aromatic amines is 1. The number of aliphatic carboxylic acids is 1. The number of H-pyrrole nitrogens is 1. The van der Waals surface area contributed by atoms with E-state index in [1.54, 1.807) is 6.92 Å². The Balaban J connectivity index is 1.93. The normalized spacial score (nSPS) is 28.7. The highest BCUT2D eigenvalue weighted by Crippen LogP contribution is 2.47. The minimum atomic E-state index is -1.20. The Morgan fingerprint density at radius 1 is 1.43 bits per heavy atom. The lowest BCUT2D eigenvalue weighted by Crippen LogP contribution is -2.35. The number of nitrogen functional groups attached to an aromatic ring is 1. The van der Waals surface area contributed by atoms with Gasteiger partial charge in [-0.3, -0.25) is 19.1 Å². The van der Waals surface area contributed by atoms with E-state index in [4.69, 9.17) is 10.5 Å². The molecule has 0 spiro atoms. The molecule has 4 unspecified atom stereocenters. The fraction of sp³-hybridized carbons (Fsp3) is 0.625. The van der Waals surface area contributed by atoms with E-state index in [-0.39, 0.29) is 30.3 Å². The summed E-state index contributed by atoms with van der Waals surface area (Å²) in [6.07, 6.45) is -2.29. The molecule has 3 heterocycles. The predicted octanol–water partition coefficient (Wildman–Crippen LogP) is -1.78. The number of aromatic nitrogens is 4. The smallest absolute Gasteiger partial charge is 0.332 e. The van der Waals surface area contributed by atoms with E-state index in [1.807, 2.05) is 0 Å². The average molecular weight is 395 g/mol. The number of aliphatic hydroxyl groups is 2. The summed E-state index contributed by atoms with van der Waals surface area (Å²) >= 11 is 0. The van der Waals surface area contributed by atoms with Crippen LogP contribution >= 0.6 is 0 Å². The van der Waals surface area contributed by atoms with E-state index in [0.717, 1.165) is 9.13 Å². The maximum absolute atomic E-state index is 13.2. The predicted molar refractivity (Wildman–Crippen MR) is 94.5 cm³/mol. The first-order valence-corrected chi connectivity index (χ1v) is 8.88. The van der Waals surface area contributed by atoms with Crippen molar-refractivity contribution >= 4 is 23.1 Å². The number of aliphatic hydroxyl groups excluding tert-OH is 2. The van der Waals surface area contributed by atoms with Gasteiger partial charge in [0.25, 0.3) is 5.56 Å². The highest BCUT2D eigenvalue weighted by molar-refractivity contribution is 5.78. The topological polar surface area (TPSA) is 186 Å². The highest BCUT2D eigenvalue weighted by atomic mass is 16.5. The number of nitrogens with two attached hydrogens (primary N) is 1. The first-order chi connectivity index (χ1) is 13.2. The summed E-state index contributed by atoms with van der Waals surface area (Å²) in [5.74, 6) is -1.76. The molecule has 4 atom stereocenters. The first-order valence-electron chi connectivity index (χ1n) is 8.88. The van der Waals surface area contributed by atoms with Gasteiger partial charge in [-0.25, -0.2) is 9.36 Å². The lowest BCUT2D eigenvalue weighted by molar-refractivity contribution is -0.143. The Hall–Kier alpha value is -2.70. The van der Waals surface area contributed by atoms with E-state index in [9.17, 15) is 29.7 Å². The second kappa shape index (κ2) is 6.15. The maximum atomic E-state index is 13.2. The Labute approximate surface area is 157 Å². The second-order valence-electron chi connectivity index (χ2n) is 7.54.